The normalized spacial score (nSPS) is 11.7. The van der Waals surface area contributed by atoms with Gasteiger partial charge in [0.25, 0.3) is 0 Å². The summed E-state index contributed by atoms with van der Waals surface area (Å²) < 4.78 is 0.753. The lowest BCUT2D eigenvalue weighted by atomic mass is 10.3. The van der Waals surface area contributed by atoms with E-state index >= 15 is 0 Å². The first kappa shape index (κ1) is 13.8. The van der Waals surface area contributed by atoms with E-state index in [4.69, 9.17) is 16.7 Å². The first-order valence-corrected chi connectivity index (χ1v) is 5.82. The van der Waals surface area contributed by atoms with Gasteiger partial charge in [0, 0.05) is 4.47 Å². The zero-order valence-electron chi connectivity index (χ0n) is 8.83. The molecule has 7 heteroatoms. The summed E-state index contributed by atoms with van der Waals surface area (Å²) in [6.07, 6.45) is 0. The highest BCUT2D eigenvalue weighted by molar-refractivity contribution is 9.10. The van der Waals surface area contributed by atoms with Crippen LogP contribution in [0.3, 0.4) is 0 Å². The van der Waals surface area contributed by atoms with Crippen LogP contribution in [-0.2, 0) is 4.79 Å². The topological polar surface area (TPSA) is 78.4 Å². The van der Waals surface area contributed by atoms with Crippen molar-refractivity contribution in [1.82, 2.24) is 5.32 Å². The number of carbonyl (C=O) groups excluding carboxylic acids is 1. The van der Waals surface area contributed by atoms with Crippen LogP contribution in [0.2, 0.25) is 5.02 Å². The Hall–Kier alpha value is -1.27. The molecule has 0 saturated carbocycles. The van der Waals surface area contributed by atoms with Gasteiger partial charge >= 0.3 is 12.0 Å². The van der Waals surface area contributed by atoms with Crippen molar-refractivity contribution >= 4 is 45.2 Å². The van der Waals surface area contributed by atoms with E-state index in [0.717, 1.165) is 4.47 Å². The molecular formula is C10H10BrClN2O3. The third-order valence-corrected chi connectivity index (χ3v) is 2.72. The average molecular weight is 322 g/mol. The molecule has 0 aromatic heterocycles. The minimum Gasteiger partial charge on any atom is -0.480 e. The number of urea groups is 1. The summed E-state index contributed by atoms with van der Waals surface area (Å²) in [6.45, 7) is 1.37. The number of carbonyl (C=O) groups is 2. The molecule has 0 radical (unpaired) electrons. The van der Waals surface area contributed by atoms with Crippen LogP contribution in [0.1, 0.15) is 6.92 Å². The summed E-state index contributed by atoms with van der Waals surface area (Å²) in [5.41, 5.74) is 0.399. The lowest BCUT2D eigenvalue weighted by Crippen LogP contribution is -2.40. The Kier molecular flexibility index (Phi) is 4.77. The van der Waals surface area contributed by atoms with Crippen LogP contribution < -0.4 is 10.6 Å². The molecule has 0 bridgehead atoms. The van der Waals surface area contributed by atoms with Gasteiger partial charge in [-0.25, -0.2) is 4.79 Å². The van der Waals surface area contributed by atoms with Crippen molar-refractivity contribution in [3.63, 3.8) is 0 Å². The summed E-state index contributed by atoms with van der Waals surface area (Å²) in [7, 11) is 0. The number of amides is 2. The van der Waals surface area contributed by atoms with Gasteiger partial charge in [-0.3, -0.25) is 4.79 Å². The fourth-order valence-corrected chi connectivity index (χ4v) is 1.54. The molecule has 1 aromatic rings. The Morgan fingerprint density at radius 3 is 2.71 bits per heavy atom. The molecule has 2 amide bonds. The molecule has 17 heavy (non-hydrogen) atoms. The molecule has 0 heterocycles. The number of halogens is 2. The number of benzene rings is 1. The van der Waals surface area contributed by atoms with Crippen molar-refractivity contribution in [1.29, 1.82) is 0 Å². The zero-order valence-corrected chi connectivity index (χ0v) is 11.2. The molecule has 0 fully saturated rings. The van der Waals surface area contributed by atoms with E-state index < -0.39 is 18.0 Å². The third-order valence-electron chi connectivity index (χ3n) is 1.89. The van der Waals surface area contributed by atoms with Gasteiger partial charge in [-0.1, -0.05) is 27.5 Å². The minimum absolute atomic E-state index is 0.367. The van der Waals surface area contributed by atoms with E-state index in [2.05, 4.69) is 26.6 Å². The molecule has 0 aliphatic rings. The highest BCUT2D eigenvalue weighted by Crippen LogP contribution is 2.25. The maximum absolute atomic E-state index is 11.4. The Bertz CT molecular complexity index is 453. The maximum Gasteiger partial charge on any atom is 0.325 e. The molecular weight excluding hydrogens is 311 g/mol. The number of carboxylic acid groups (broad SMARTS) is 1. The summed E-state index contributed by atoms with van der Waals surface area (Å²) in [6, 6.07) is 3.36. The highest BCUT2D eigenvalue weighted by Gasteiger charge is 2.14. The number of nitrogens with one attached hydrogen (secondary N) is 2. The van der Waals surface area contributed by atoms with Crippen LogP contribution in [0.4, 0.5) is 10.5 Å². The molecule has 0 aliphatic carbocycles. The quantitative estimate of drug-likeness (QED) is 0.801. The highest BCUT2D eigenvalue weighted by atomic mass is 79.9. The Morgan fingerprint density at radius 1 is 1.47 bits per heavy atom. The maximum atomic E-state index is 11.4. The first-order chi connectivity index (χ1) is 7.90. The van der Waals surface area contributed by atoms with Crippen LogP contribution in [-0.4, -0.2) is 23.1 Å². The van der Waals surface area contributed by atoms with Crippen molar-refractivity contribution in [2.75, 3.05) is 5.32 Å². The Morgan fingerprint density at radius 2 is 2.12 bits per heavy atom. The van der Waals surface area contributed by atoms with Crippen molar-refractivity contribution in [2.24, 2.45) is 0 Å². The molecule has 3 N–H and O–H groups in total. The third kappa shape index (κ3) is 4.24. The van der Waals surface area contributed by atoms with E-state index in [0.29, 0.717) is 10.7 Å². The second-order valence-electron chi connectivity index (χ2n) is 3.28. The molecule has 1 aromatic carbocycles. The summed E-state index contributed by atoms with van der Waals surface area (Å²) in [5.74, 6) is -1.11. The zero-order chi connectivity index (χ0) is 13.0. The molecule has 5 nitrogen and oxygen atoms in total. The molecule has 0 aliphatic heterocycles. The van der Waals surface area contributed by atoms with Gasteiger partial charge in [-0.05, 0) is 25.1 Å². The van der Waals surface area contributed by atoms with Crippen LogP contribution in [0.5, 0.6) is 0 Å². The number of hydrogen-bond donors (Lipinski definition) is 3. The van der Waals surface area contributed by atoms with Gasteiger partial charge < -0.3 is 15.7 Å². The molecule has 1 atom stereocenters. The largest absolute Gasteiger partial charge is 0.480 e. The number of anilines is 1. The standard InChI is InChI=1S/C10H10BrClN2O3/c1-5(9(15)16)13-10(17)14-8-4-6(11)2-3-7(8)12/h2-5H,1H3,(H,15,16)(H2,13,14,17). The minimum atomic E-state index is -1.11. The average Bonchev–Trinajstić information content (AvgIpc) is 2.23. The van der Waals surface area contributed by atoms with Crippen LogP contribution in [0.15, 0.2) is 22.7 Å². The van der Waals surface area contributed by atoms with Gasteiger partial charge in [0.1, 0.15) is 6.04 Å². The van der Waals surface area contributed by atoms with Crippen molar-refractivity contribution in [3.8, 4) is 0 Å². The SMILES string of the molecule is CC(NC(=O)Nc1cc(Br)ccc1Cl)C(=O)O. The van der Waals surface area contributed by atoms with Crippen molar-refractivity contribution in [3.05, 3.63) is 27.7 Å². The lowest BCUT2D eigenvalue weighted by Gasteiger charge is -2.11. The molecule has 92 valence electrons. The van der Waals surface area contributed by atoms with Gasteiger partial charge in [-0.2, -0.15) is 0 Å². The van der Waals surface area contributed by atoms with Gasteiger partial charge in [0.15, 0.2) is 0 Å². The second-order valence-corrected chi connectivity index (χ2v) is 4.61. The van der Waals surface area contributed by atoms with Crippen LogP contribution in [0, 0.1) is 0 Å². The second kappa shape index (κ2) is 5.88. The van der Waals surface area contributed by atoms with E-state index in [9.17, 15) is 9.59 Å². The smallest absolute Gasteiger partial charge is 0.325 e. The fourth-order valence-electron chi connectivity index (χ4n) is 1.01. The summed E-state index contributed by atoms with van der Waals surface area (Å²) in [4.78, 5) is 22.0. The van der Waals surface area contributed by atoms with E-state index in [1.165, 1.54) is 6.92 Å². The van der Waals surface area contributed by atoms with E-state index in [-0.39, 0.29) is 0 Å². The molecule has 1 rings (SSSR count). The molecule has 0 spiro atoms. The number of rotatable bonds is 3. The summed E-state index contributed by atoms with van der Waals surface area (Å²) in [5, 5.41) is 13.7. The van der Waals surface area contributed by atoms with Crippen molar-refractivity contribution in [2.45, 2.75) is 13.0 Å². The van der Waals surface area contributed by atoms with Crippen molar-refractivity contribution < 1.29 is 14.7 Å². The van der Waals surface area contributed by atoms with E-state index in [1.807, 2.05) is 0 Å². The Labute approximate surface area is 111 Å². The molecule has 1 unspecified atom stereocenters. The number of hydrogen-bond acceptors (Lipinski definition) is 2. The Balaban J connectivity index is 2.68. The predicted molar refractivity (Wildman–Crippen MR) is 68.4 cm³/mol. The number of carboxylic acids is 1. The van der Waals surface area contributed by atoms with Gasteiger partial charge in [-0.15, -0.1) is 0 Å². The lowest BCUT2D eigenvalue weighted by molar-refractivity contribution is -0.138. The van der Waals surface area contributed by atoms with Gasteiger partial charge in [0.05, 0.1) is 10.7 Å². The first-order valence-electron chi connectivity index (χ1n) is 4.65. The number of aliphatic carboxylic acids is 1. The monoisotopic (exact) mass is 320 g/mol. The predicted octanol–water partition coefficient (Wildman–Crippen LogP) is 2.70. The fraction of sp³-hybridized carbons (Fsp3) is 0.200. The van der Waals surface area contributed by atoms with E-state index in [1.54, 1.807) is 18.2 Å². The van der Waals surface area contributed by atoms with Crippen LogP contribution in [0.25, 0.3) is 0 Å². The molecule has 0 saturated heterocycles. The van der Waals surface area contributed by atoms with Gasteiger partial charge in [0.2, 0.25) is 0 Å². The van der Waals surface area contributed by atoms with Crippen LogP contribution >= 0.6 is 27.5 Å². The summed E-state index contributed by atoms with van der Waals surface area (Å²) >= 11 is 9.10.